The van der Waals surface area contributed by atoms with Gasteiger partial charge in [0.15, 0.2) is 0 Å². The molecule has 2 heterocycles. The predicted molar refractivity (Wildman–Crippen MR) is 123 cm³/mol. The average Bonchev–Trinajstić information content (AvgIpc) is 3.19. The van der Waals surface area contributed by atoms with Crippen LogP contribution in [0.3, 0.4) is 0 Å². The Balaban J connectivity index is 1.27. The lowest BCUT2D eigenvalue weighted by Gasteiger charge is -2.31. The fourth-order valence-corrected chi connectivity index (χ4v) is 5.05. The zero-order chi connectivity index (χ0) is 23.2. The highest BCUT2D eigenvalue weighted by Crippen LogP contribution is 2.23. The summed E-state index contributed by atoms with van der Waals surface area (Å²) >= 11 is 0.919. The molecule has 1 aliphatic heterocycles. The Labute approximate surface area is 196 Å². The van der Waals surface area contributed by atoms with Gasteiger partial charge < -0.3 is 15.5 Å². The Morgan fingerprint density at radius 3 is 2.21 bits per heavy atom. The zero-order valence-corrected chi connectivity index (χ0v) is 19.2. The maximum absolute atomic E-state index is 13.0. The standard InChI is InChI=1S/C23H28FN5O3S/c24-16-7-9-18(10-8-16)26-20(31)21-27-28-22(33-21)23(32)29-13-11-15(12-14-29)19(30)25-17-5-3-1-2-4-6-17/h7-10,15,17H,1-6,11-14H2,(H,25,30)(H,26,31). The van der Waals surface area contributed by atoms with Crippen LogP contribution in [0, 0.1) is 11.7 Å². The number of piperidine rings is 1. The molecule has 2 fully saturated rings. The number of halogens is 1. The van der Waals surface area contributed by atoms with Crippen molar-refractivity contribution in [2.24, 2.45) is 5.92 Å². The number of aromatic nitrogens is 2. The Morgan fingerprint density at radius 2 is 1.55 bits per heavy atom. The summed E-state index contributed by atoms with van der Waals surface area (Å²) in [6.07, 6.45) is 8.16. The van der Waals surface area contributed by atoms with Crippen LogP contribution in [0.2, 0.25) is 0 Å². The summed E-state index contributed by atoms with van der Waals surface area (Å²) in [5.74, 6) is -1.17. The van der Waals surface area contributed by atoms with Crippen molar-refractivity contribution >= 4 is 34.7 Å². The third-order valence-electron chi connectivity index (χ3n) is 6.26. The second-order valence-electron chi connectivity index (χ2n) is 8.64. The van der Waals surface area contributed by atoms with Gasteiger partial charge in [0.1, 0.15) is 5.82 Å². The Bertz CT molecular complexity index is 980. The molecule has 0 radical (unpaired) electrons. The fraction of sp³-hybridized carbons (Fsp3) is 0.522. The largest absolute Gasteiger partial charge is 0.353 e. The van der Waals surface area contributed by atoms with Gasteiger partial charge in [-0.2, -0.15) is 0 Å². The monoisotopic (exact) mass is 473 g/mol. The maximum atomic E-state index is 13.0. The smallest absolute Gasteiger partial charge is 0.286 e. The molecule has 2 N–H and O–H groups in total. The second-order valence-corrected chi connectivity index (χ2v) is 9.61. The zero-order valence-electron chi connectivity index (χ0n) is 18.4. The molecule has 33 heavy (non-hydrogen) atoms. The molecule has 1 aliphatic carbocycles. The molecule has 0 bridgehead atoms. The van der Waals surface area contributed by atoms with Crippen molar-refractivity contribution in [3.63, 3.8) is 0 Å². The molecule has 0 spiro atoms. The van der Waals surface area contributed by atoms with E-state index in [2.05, 4.69) is 20.8 Å². The van der Waals surface area contributed by atoms with Gasteiger partial charge in [-0.25, -0.2) is 4.39 Å². The van der Waals surface area contributed by atoms with Gasteiger partial charge >= 0.3 is 0 Å². The molecule has 10 heteroatoms. The van der Waals surface area contributed by atoms with Gasteiger partial charge in [-0.05, 0) is 49.9 Å². The minimum absolute atomic E-state index is 0.0559. The first-order valence-corrected chi connectivity index (χ1v) is 12.3. The SMILES string of the molecule is O=C(Nc1ccc(F)cc1)c1nnc(C(=O)N2CCC(C(=O)NC3CCCCCC3)CC2)s1. The van der Waals surface area contributed by atoms with E-state index in [0.717, 1.165) is 24.2 Å². The van der Waals surface area contributed by atoms with Crippen LogP contribution in [0.15, 0.2) is 24.3 Å². The molecule has 3 amide bonds. The number of rotatable bonds is 5. The van der Waals surface area contributed by atoms with Gasteiger partial charge in [0.05, 0.1) is 0 Å². The molecule has 8 nitrogen and oxygen atoms in total. The molecular formula is C23H28FN5O3S. The second kappa shape index (κ2) is 10.8. The highest BCUT2D eigenvalue weighted by Gasteiger charge is 2.30. The summed E-state index contributed by atoms with van der Waals surface area (Å²) in [6, 6.07) is 5.64. The van der Waals surface area contributed by atoms with Gasteiger partial charge in [0, 0.05) is 30.7 Å². The normalized spacial score (nSPS) is 17.9. The summed E-state index contributed by atoms with van der Waals surface area (Å²) < 4.78 is 13.0. The molecule has 1 aromatic carbocycles. The van der Waals surface area contributed by atoms with Crippen LogP contribution in [0.4, 0.5) is 10.1 Å². The number of hydrogen-bond donors (Lipinski definition) is 2. The molecule has 176 valence electrons. The molecule has 4 rings (SSSR count). The van der Waals surface area contributed by atoms with E-state index in [4.69, 9.17) is 0 Å². The van der Waals surface area contributed by atoms with Crippen molar-refractivity contribution in [1.29, 1.82) is 0 Å². The number of nitrogens with zero attached hydrogens (tertiary/aromatic N) is 3. The lowest BCUT2D eigenvalue weighted by Crippen LogP contribution is -2.45. The van der Waals surface area contributed by atoms with E-state index >= 15 is 0 Å². The van der Waals surface area contributed by atoms with Crippen molar-refractivity contribution in [2.45, 2.75) is 57.4 Å². The van der Waals surface area contributed by atoms with Crippen molar-refractivity contribution in [3.8, 4) is 0 Å². The molecule has 2 aromatic rings. The van der Waals surface area contributed by atoms with E-state index in [1.165, 1.54) is 49.9 Å². The number of benzene rings is 1. The van der Waals surface area contributed by atoms with Crippen molar-refractivity contribution in [3.05, 3.63) is 40.1 Å². The summed E-state index contributed by atoms with van der Waals surface area (Å²) in [5, 5.41) is 13.7. The molecule has 0 unspecified atom stereocenters. The van der Waals surface area contributed by atoms with Crippen LogP contribution < -0.4 is 10.6 Å². The van der Waals surface area contributed by atoms with E-state index in [1.807, 2.05) is 0 Å². The third-order valence-corrected chi connectivity index (χ3v) is 7.17. The summed E-state index contributed by atoms with van der Waals surface area (Å²) in [5.41, 5.74) is 0.425. The number of nitrogens with one attached hydrogen (secondary N) is 2. The van der Waals surface area contributed by atoms with Gasteiger partial charge in [-0.3, -0.25) is 14.4 Å². The van der Waals surface area contributed by atoms with E-state index in [9.17, 15) is 18.8 Å². The van der Waals surface area contributed by atoms with Gasteiger partial charge in [0.2, 0.25) is 15.9 Å². The van der Waals surface area contributed by atoms with Crippen LogP contribution >= 0.6 is 11.3 Å². The summed E-state index contributed by atoms with van der Waals surface area (Å²) in [6.45, 7) is 0.941. The fourth-order valence-electron chi connectivity index (χ4n) is 4.34. The van der Waals surface area contributed by atoms with Crippen LogP contribution in [0.25, 0.3) is 0 Å². The van der Waals surface area contributed by atoms with Crippen LogP contribution in [-0.4, -0.2) is 52.0 Å². The van der Waals surface area contributed by atoms with E-state index in [0.29, 0.717) is 31.6 Å². The molecular weight excluding hydrogens is 445 g/mol. The van der Waals surface area contributed by atoms with Crippen LogP contribution in [0.5, 0.6) is 0 Å². The lowest BCUT2D eigenvalue weighted by atomic mass is 9.95. The van der Waals surface area contributed by atoms with Crippen molar-refractivity contribution < 1.29 is 18.8 Å². The maximum Gasteiger partial charge on any atom is 0.286 e. The highest BCUT2D eigenvalue weighted by atomic mass is 32.1. The molecule has 1 aromatic heterocycles. The number of hydrogen-bond acceptors (Lipinski definition) is 6. The van der Waals surface area contributed by atoms with Gasteiger partial charge in [0.25, 0.3) is 11.8 Å². The summed E-state index contributed by atoms with van der Waals surface area (Å²) in [7, 11) is 0. The Hall–Kier alpha value is -2.88. The number of carbonyl (C=O) groups is 3. The van der Waals surface area contributed by atoms with Crippen molar-refractivity contribution in [1.82, 2.24) is 20.4 Å². The number of carbonyl (C=O) groups excluding carboxylic acids is 3. The number of amides is 3. The molecule has 2 aliphatic rings. The van der Waals surface area contributed by atoms with E-state index in [-0.39, 0.29) is 33.8 Å². The molecule has 1 saturated heterocycles. The number of likely N-dealkylation sites (tertiary alicyclic amines) is 1. The van der Waals surface area contributed by atoms with Crippen LogP contribution in [-0.2, 0) is 4.79 Å². The minimum Gasteiger partial charge on any atom is -0.353 e. The first-order valence-electron chi connectivity index (χ1n) is 11.5. The van der Waals surface area contributed by atoms with Gasteiger partial charge in [-0.1, -0.05) is 37.0 Å². The van der Waals surface area contributed by atoms with E-state index < -0.39 is 11.7 Å². The Kier molecular flexibility index (Phi) is 7.64. The summed E-state index contributed by atoms with van der Waals surface area (Å²) in [4.78, 5) is 39.5. The lowest BCUT2D eigenvalue weighted by molar-refractivity contribution is -0.127. The van der Waals surface area contributed by atoms with Crippen molar-refractivity contribution in [2.75, 3.05) is 18.4 Å². The predicted octanol–water partition coefficient (Wildman–Crippen LogP) is 3.62. The topological polar surface area (TPSA) is 104 Å². The molecule has 0 atom stereocenters. The minimum atomic E-state index is -0.507. The van der Waals surface area contributed by atoms with Gasteiger partial charge in [-0.15, -0.1) is 10.2 Å². The highest BCUT2D eigenvalue weighted by molar-refractivity contribution is 7.15. The van der Waals surface area contributed by atoms with Crippen LogP contribution in [0.1, 0.15) is 71.0 Å². The number of anilines is 1. The quantitative estimate of drug-likeness (QED) is 0.646. The Morgan fingerprint density at radius 1 is 0.909 bits per heavy atom. The first kappa shape index (κ1) is 23.3. The molecule has 1 saturated carbocycles. The third kappa shape index (κ3) is 6.13. The van der Waals surface area contributed by atoms with E-state index in [1.54, 1.807) is 4.90 Å². The first-order chi connectivity index (χ1) is 16.0. The average molecular weight is 474 g/mol.